The van der Waals surface area contributed by atoms with Crippen LogP contribution in [0.25, 0.3) is 0 Å². The zero-order valence-corrected chi connectivity index (χ0v) is 27.3. The van der Waals surface area contributed by atoms with Gasteiger partial charge in [-0.3, -0.25) is 4.79 Å². The van der Waals surface area contributed by atoms with Crippen molar-refractivity contribution in [1.82, 2.24) is 0 Å². The highest BCUT2D eigenvalue weighted by Crippen LogP contribution is 2.48. The van der Waals surface area contributed by atoms with Crippen molar-refractivity contribution < 1.29 is 37.7 Å². The third-order valence-corrected chi connectivity index (χ3v) is 8.89. The molecule has 2 aliphatic heterocycles. The van der Waals surface area contributed by atoms with Crippen molar-refractivity contribution in [3.05, 3.63) is 89.7 Å². The van der Waals surface area contributed by atoms with Gasteiger partial charge in [-0.25, -0.2) is 9.18 Å². The van der Waals surface area contributed by atoms with Gasteiger partial charge < -0.3 is 28.6 Å². The molecule has 240 valence electrons. The number of anilines is 1. The van der Waals surface area contributed by atoms with Gasteiger partial charge in [0.1, 0.15) is 28.2 Å². The summed E-state index contributed by atoms with van der Waals surface area (Å²) in [5.41, 5.74) is 1.56. The number of halogens is 1. The zero-order valence-electron chi connectivity index (χ0n) is 26.5. The van der Waals surface area contributed by atoms with Gasteiger partial charge in [0, 0.05) is 16.7 Å². The van der Waals surface area contributed by atoms with Crippen molar-refractivity contribution >= 4 is 29.3 Å². The number of methoxy groups -OCH3 is 1. The van der Waals surface area contributed by atoms with Crippen LogP contribution in [0.15, 0.2) is 72.8 Å². The van der Waals surface area contributed by atoms with Crippen molar-refractivity contribution in [3.63, 3.8) is 0 Å². The average Bonchev–Trinajstić information content (AvgIpc) is 3.00. The summed E-state index contributed by atoms with van der Waals surface area (Å²) in [6.45, 7) is 10.3. The van der Waals surface area contributed by atoms with Crippen LogP contribution in [0, 0.1) is 11.2 Å². The predicted molar refractivity (Wildman–Crippen MR) is 171 cm³/mol. The van der Waals surface area contributed by atoms with Gasteiger partial charge in [0.25, 0.3) is 0 Å². The van der Waals surface area contributed by atoms with Crippen molar-refractivity contribution in [2.45, 2.75) is 57.3 Å². The van der Waals surface area contributed by atoms with Gasteiger partial charge in [-0.1, -0.05) is 26.0 Å². The molecule has 0 unspecified atom stereocenters. The van der Waals surface area contributed by atoms with Crippen LogP contribution in [-0.4, -0.2) is 55.4 Å². The first kappa shape index (κ1) is 32.8. The summed E-state index contributed by atoms with van der Waals surface area (Å²) in [6.07, 6.45) is 0. The van der Waals surface area contributed by atoms with E-state index in [4.69, 9.17) is 23.7 Å². The second-order valence-corrected chi connectivity index (χ2v) is 14.2. The van der Waals surface area contributed by atoms with Crippen LogP contribution in [0.1, 0.15) is 51.8 Å². The molecule has 3 aromatic carbocycles. The van der Waals surface area contributed by atoms with E-state index in [1.807, 2.05) is 36.4 Å². The van der Waals surface area contributed by atoms with Crippen LogP contribution in [0.2, 0.25) is 0 Å². The molecule has 5 rings (SSSR count). The first-order chi connectivity index (χ1) is 21.3. The number of carbonyl (C=O) groups is 2. The van der Waals surface area contributed by atoms with E-state index in [2.05, 4.69) is 13.8 Å². The van der Waals surface area contributed by atoms with E-state index in [0.717, 1.165) is 16.9 Å². The molecule has 2 saturated heterocycles. The van der Waals surface area contributed by atoms with Crippen LogP contribution >= 0.6 is 11.8 Å². The lowest BCUT2D eigenvalue weighted by Crippen LogP contribution is -2.58. The maximum absolute atomic E-state index is 13.8. The minimum Gasteiger partial charge on any atom is -0.497 e. The number of hydrogen-bond acceptors (Lipinski definition) is 8. The number of β-lactam (4-membered cyclic amide) rings is 1. The summed E-state index contributed by atoms with van der Waals surface area (Å²) in [5, 5.41) is -0.458. The molecule has 2 heterocycles. The second-order valence-electron chi connectivity index (χ2n) is 13.0. The molecule has 1 amide bonds. The van der Waals surface area contributed by atoms with E-state index in [1.54, 1.807) is 57.0 Å². The number of benzene rings is 3. The third kappa shape index (κ3) is 7.62. The summed E-state index contributed by atoms with van der Waals surface area (Å²) < 4.78 is 43.0. The SMILES string of the molecule is COc1ccc(C2(CS[C@H]3C(=O)N(c4ccc(F)cc4)[C@@H]3c3ccc(OCC(=O)OC(C)(C)C)cc3)OCC(C)(C)CO2)cc1. The maximum atomic E-state index is 13.8. The fraction of sp³-hybridized carbons (Fsp3) is 0.429. The van der Waals surface area contributed by atoms with Crippen molar-refractivity contribution in [2.75, 3.05) is 37.6 Å². The molecule has 0 spiro atoms. The summed E-state index contributed by atoms with van der Waals surface area (Å²) in [4.78, 5) is 27.5. The molecule has 8 nitrogen and oxygen atoms in total. The Labute approximate surface area is 268 Å². The third-order valence-electron chi connectivity index (χ3n) is 7.52. The number of amides is 1. The number of nitrogens with zero attached hydrogens (tertiary/aromatic N) is 1. The molecule has 2 aliphatic rings. The molecule has 2 fully saturated rings. The molecule has 0 radical (unpaired) electrons. The van der Waals surface area contributed by atoms with E-state index < -0.39 is 22.6 Å². The summed E-state index contributed by atoms with van der Waals surface area (Å²) in [5.74, 6) is -0.391. The van der Waals surface area contributed by atoms with E-state index in [9.17, 15) is 14.0 Å². The quantitative estimate of drug-likeness (QED) is 0.180. The average molecular weight is 638 g/mol. The predicted octanol–water partition coefficient (Wildman–Crippen LogP) is 6.67. The molecular weight excluding hydrogens is 597 g/mol. The van der Waals surface area contributed by atoms with E-state index in [1.165, 1.54) is 23.9 Å². The van der Waals surface area contributed by atoms with Gasteiger partial charge in [0.2, 0.25) is 11.7 Å². The fourth-order valence-electron chi connectivity index (χ4n) is 5.20. The van der Waals surface area contributed by atoms with Gasteiger partial charge in [0.05, 0.1) is 32.1 Å². The lowest BCUT2D eigenvalue weighted by molar-refractivity contribution is -0.295. The Kier molecular flexibility index (Phi) is 9.49. The number of esters is 1. The van der Waals surface area contributed by atoms with Crippen LogP contribution in [0.4, 0.5) is 10.1 Å². The van der Waals surface area contributed by atoms with Crippen LogP contribution in [0.3, 0.4) is 0 Å². The minimum absolute atomic E-state index is 0.0946. The molecule has 3 aromatic rings. The molecule has 0 N–H and O–H groups in total. The monoisotopic (exact) mass is 637 g/mol. The summed E-state index contributed by atoms with van der Waals surface area (Å²) in [6, 6.07) is 20.4. The molecule has 45 heavy (non-hydrogen) atoms. The first-order valence-corrected chi connectivity index (χ1v) is 15.9. The van der Waals surface area contributed by atoms with Gasteiger partial charge in [0.15, 0.2) is 6.61 Å². The molecule has 2 atom stereocenters. The number of thioether (sulfide) groups is 1. The van der Waals surface area contributed by atoms with Crippen LogP contribution in [0.5, 0.6) is 11.5 Å². The van der Waals surface area contributed by atoms with Gasteiger partial charge in [-0.2, -0.15) is 0 Å². The Morgan fingerprint density at radius 3 is 2.13 bits per heavy atom. The highest BCUT2D eigenvalue weighted by atomic mass is 32.2. The van der Waals surface area contributed by atoms with Crippen LogP contribution < -0.4 is 14.4 Å². The van der Waals surface area contributed by atoms with Crippen molar-refractivity contribution in [3.8, 4) is 11.5 Å². The lowest BCUT2D eigenvalue weighted by atomic mass is 9.92. The fourth-order valence-corrected chi connectivity index (χ4v) is 6.65. The van der Waals surface area contributed by atoms with Crippen molar-refractivity contribution in [2.24, 2.45) is 5.41 Å². The van der Waals surface area contributed by atoms with Crippen LogP contribution in [-0.2, 0) is 29.6 Å². The maximum Gasteiger partial charge on any atom is 0.344 e. The molecule has 10 heteroatoms. The highest BCUT2D eigenvalue weighted by molar-refractivity contribution is 8.00. The summed E-state index contributed by atoms with van der Waals surface area (Å²) >= 11 is 1.47. The number of ether oxygens (including phenoxy) is 5. The first-order valence-electron chi connectivity index (χ1n) is 14.9. The van der Waals surface area contributed by atoms with E-state index in [-0.39, 0.29) is 29.8 Å². The van der Waals surface area contributed by atoms with E-state index >= 15 is 0 Å². The Morgan fingerprint density at radius 2 is 1.56 bits per heavy atom. The Balaban J connectivity index is 1.37. The molecule has 0 saturated carbocycles. The largest absolute Gasteiger partial charge is 0.497 e. The highest BCUT2D eigenvalue weighted by Gasteiger charge is 2.51. The molecule has 0 aromatic heterocycles. The smallest absolute Gasteiger partial charge is 0.344 e. The van der Waals surface area contributed by atoms with Gasteiger partial charge >= 0.3 is 5.97 Å². The topological polar surface area (TPSA) is 83.5 Å². The lowest BCUT2D eigenvalue weighted by Gasteiger charge is -2.49. The number of rotatable bonds is 10. The van der Waals surface area contributed by atoms with Crippen molar-refractivity contribution in [1.29, 1.82) is 0 Å². The standard InChI is InChI=1S/C35H40FNO7S/c1-33(2,3)44-29(38)19-41-28-15-7-23(8-16-28)30-31(32(39)37(30)26-13-11-25(36)12-14-26)45-22-35(42-20-34(4,5)21-43-35)24-9-17-27(40-6)18-10-24/h7-18,30-31H,19-22H2,1-6H3/t30-,31-/m1/s1. The summed E-state index contributed by atoms with van der Waals surface area (Å²) in [7, 11) is 1.62. The van der Waals surface area contributed by atoms with Gasteiger partial charge in [-0.05, 0) is 87.0 Å². The second kappa shape index (κ2) is 13.0. The minimum atomic E-state index is -1.05. The number of hydrogen-bond donors (Lipinski definition) is 0. The Hall–Kier alpha value is -3.60. The Bertz CT molecular complexity index is 1480. The Morgan fingerprint density at radius 1 is 0.956 bits per heavy atom. The molecule has 0 aliphatic carbocycles. The zero-order chi connectivity index (χ0) is 32.4. The normalized spacial score (nSPS) is 20.7. The van der Waals surface area contributed by atoms with Gasteiger partial charge in [-0.15, -0.1) is 11.8 Å². The van der Waals surface area contributed by atoms with E-state index in [0.29, 0.717) is 30.4 Å². The molecular formula is C35H40FNO7S. The number of carbonyl (C=O) groups excluding carboxylic acids is 2. The molecule has 0 bridgehead atoms.